The highest BCUT2D eigenvalue weighted by atomic mass is 16.6. The summed E-state index contributed by atoms with van der Waals surface area (Å²) in [5.74, 6) is 0.864. The van der Waals surface area contributed by atoms with E-state index in [1.165, 1.54) is 17.7 Å². The molecule has 0 bridgehead atoms. The first kappa shape index (κ1) is 15.0. The maximum atomic E-state index is 11.9. The number of hydrogen-bond donors (Lipinski definition) is 0. The zero-order valence-corrected chi connectivity index (χ0v) is 12.2. The normalized spacial score (nSPS) is 17.2. The Labute approximate surface area is 110 Å². The number of ketones is 1. The molecule has 0 heterocycles. The maximum Gasteiger partial charge on any atom is 0.410 e. The van der Waals surface area contributed by atoms with Crippen LogP contribution in [0.1, 0.15) is 53.4 Å². The Morgan fingerprint density at radius 2 is 1.89 bits per heavy atom. The topological polar surface area (TPSA) is 46.6 Å². The van der Waals surface area contributed by atoms with Crippen molar-refractivity contribution in [3.05, 3.63) is 0 Å². The molecule has 1 saturated carbocycles. The predicted molar refractivity (Wildman–Crippen MR) is 70.4 cm³/mol. The number of rotatable bonds is 5. The van der Waals surface area contributed by atoms with Crippen molar-refractivity contribution in [2.45, 2.75) is 65.0 Å². The average Bonchev–Trinajstić information content (AvgIpc) is 3.05. The predicted octanol–water partition coefficient (Wildman–Crippen LogP) is 3.00. The minimum Gasteiger partial charge on any atom is -0.444 e. The lowest BCUT2D eigenvalue weighted by molar-refractivity contribution is -0.123. The Morgan fingerprint density at radius 1 is 1.33 bits per heavy atom. The van der Waals surface area contributed by atoms with Crippen molar-refractivity contribution in [3.63, 3.8) is 0 Å². The molecule has 0 aromatic rings. The summed E-state index contributed by atoms with van der Waals surface area (Å²) in [6, 6.07) is -0.404. The zero-order chi connectivity index (χ0) is 13.9. The van der Waals surface area contributed by atoms with Crippen LogP contribution in [0.2, 0.25) is 0 Å². The van der Waals surface area contributed by atoms with Gasteiger partial charge in [0.1, 0.15) is 5.60 Å². The highest BCUT2D eigenvalue weighted by Gasteiger charge is 2.28. The number of carbonyl (C=O) groups excluding carboxylic acids is 2. The molecular formula is C14H25NO3. The molecule has 0 aromatic carbocycles. The van der Waals surface area contributed by atoms with Crippen molar-refractivity contribution in [1.29, 1.82) is 0 Å². The van der Waals surface area contributed by atoms with Crippen LogP contribution in [0.15, 0.2) is 0 Å². The summed E-state index contributed by atoms with van der Waals surface area (Å²) in [5, 5.41) is 0. The summed E-state index contributed by atoms with van der Waals surface area (Å²) in [6.45, 7) is 7.22. The van der Waals surface area contributed by atoms with Crippen molar-refractivity contribution in [2.24, 2.45) is 5.92 Å². The van der Waals surface area contributed by atoms with E-state index in [2.05, 4.69) is 0 Å². The lowest BCUT2D eigenvalue weighted by Crippen LogP contribution is -2.43. The standard InChI is InChI=1S/C14H25NO3/c1-10(12(16)9-8-11-6-7-11)15(5)13(17)18-14(2,3)4/h10-11H,6-9H2,1-5H3. The molecule has 0 N–H and O–H groups in total. The van der Waals surface area contributed by atoms with Gasteiger partial charge in [-0.1, -0.05) is 12.8 Å². The summed E-state index contributed by atoms with van der Waals surface area (Å²) in [4.78, 5) is 25.1. The first-order valence-electron chi connectivity index (χ1n) is 6.69. The van der Waals surface area contributed by atoms with E-state index < -0.39 is 17.7 Å². The molecule has 1 amide bonds. The molecule has 0 radical (unpaired) electrons. The fraction of sp³-hybridized carbons (Fsp3) is 0.857. The van der Waals surface area contributed by atoms with Crippen molar-refractivity contribution >= 4 is 11.9 Å². The van der Waals surface area contributed by atoms with Gasteiger partial charge in [0.15, 0.2) is 5.78 Å². The summed E-state index contributed by atoms with van der Waals surface area (Å²) >= 11 is 0. The minimum absolute atomic E-state index is 0.121. The first-order chi connectivity index (χ1) is 8.20. The molecule has 1 unspecified atom stereocenters. The van der Waals surface area contributed by atoms with Gasteiger partial charge < -0.3 is 9.64 Å². The SMILES string of the molecule is CC(C(=O)CCC1CC1)N(C)C(=O)OC(C)(C)C. The molecule has 0 aromatic heterocycles. The van der Waals surface area contributed by atoms with Gasteiger partial charge in [0, 0.05) is 13.5 Å². The van der Waals surface area contributed by atoms with Gasteiger partial charge in [0.05, 0.1) is 6.04 Å². The second kappa shape index (κ2) is 5.72. The Balaban J connectivity index is 2.40. The van der Waals surface area contributed by atoms with Crippen LogP contribution in [0.3, 0.4) is 0 Å². The number of amides is 1. The molecule has 0 saturated heterocycles. The summed E-state index contributed by atoms with van der Waals surface area (Å²) in [6.07, 6.45) is 3.60. The van der Waals surface area contributed by atoms with Crippen LogP contribution < -0.4 is 0 Å². The molecule has 1 rings (SSSR count). The molecule has 4 nitrogen and oxygen atoms in total. The van der Waals surface area contributed by atoms with Gasteiger partial charge in [-0.3, -0.25) is 4.79 Å². The van der Waals surface area contributed by atoms with Gasteiger partial charge in [-0.05, 0) is 40.0 Å². The Morgan fingerprint density at radius 3 is 2.33 bits per heavy atom. The quantitative estimate of drug-likeness (QED) is 0.758. The Hall–Kier alpha value is -1.06. The molecule has 1 atom stereocenters. The number of hydrogen-bond acceptors (Lipinski definition) is 3. The zero-order valence-electron chi connectivity index (χ0n) is 12.2. The van der Waals surface area contributed by atoms with E-state index in [-0.39, 0.29) is 5.78 Å². The molecule has 1 aliphatic rings. The van der Waals surface area contributed by atoms with E-state index >= 15 is 0 Å². The van der Waals surface area contributed by atoms with Crippen molar-refractivity contribution in [2.75, 3.05) is 7.05 Å². The molecule has 18 heavy (non-hydrogen) atoms. The van der Waals surface area contributed by atoms with Gasteiger partial charge >= 0.3 is 6.09 Å². The smallest absolute Gasteiger partial charge is 0.410 e. The average molecular weight is 255 g/mol. The summed E-state index contributed by atoms with van der Waals surface area (Å²) in [7, 11) is 1.62. The van der Waals surface area contributed by atoms with Gasteiger partial charge in [-0.25, -0.2) is 4.79 Å². The second-order valence-electron chi connectivity index (χ2n) is 6.22. The minimum atomic E-state index is -0.526. The largest absolute Gasteiger partial charge is 0.444 e. The van der Waals surface area contributed by atoms with Crippen molar-refractivity contribution < 1.29 is 14.3 Å². The van der Waals surface area contributed by atoms with E-state index in [0.717, 1.165) is 12.3 Å². The summed E-state index contributed by atoms with van der Waals surface area (Å²) in [5.41, 5.74) is -0.526. The van der Waals surface area contributed by atoms with E-state index in [0.29, 0.717) is 6.42 Å². The number of Topliss-reactive ketones (excluding diaryl/α,β-unsaturated/α-hetero) is 1. The Kier molecular flexibility index (Phi) is 4.77. The lowest BCUT2D eigenvalue weighted by Gasteiger charge is -2.28. The first-order valence-corrected chi connectivity index (χ1v) is 6.69. The van der Waals surface area contributed by atoms with Gasteiger partial charge in [-0.15, -0.1) is 0 Å². The molecule has 1 aliphatic carbocycles. The van der Waals surface area contributed by atoms with E-state index in [9.17, 15) is 9.59 Å². The molecular weight excluding hydrogens is 230 g/mol. The molecule has 104 valence electrons. The van der Waals surface area contributed by atoms with Crippen LogP contribution >= 0.6 is 0 Å². The third-order valence-corrected chi connectivity index (χ3v) is 3.22. The van der Waals surface area contributed by atoms with E-state index in [1.807, 2.05) is 20.8 Å². The molecule has 4 heteroatoms. The number of carbonyl (C=O) groups is 2. The van der Waals surface area contributed by atoms with Gasteiger partial charge in [0.25, 0.3) is 0 Å². The van der Waals surface area contributed by atoms with E-state index in [4.69, 9.17) is 4.74 Å². The van der Waals surface area contributed by atoms with Crippen LogP contribution in [0.5, 0.6) is 0 Å². The van der Waals surface area contributed by atoms with Crippen LogP contribution in [-0.2, 0) is 9.53 Å². The maximum absolute atomic E-state index is 11.9. The lowest BCUT2D eigenvalue weighted by atomic mass is 10.1. The van der Waals surface area contributed by atoms with Crippen molar-refractivity contribution in [1.82, 2.24) is 4.90 Å². The van der Waals surface area contributed by atoms with Crippen LogP contribution in [-0.4, -0.2) is 35.5 Å². The second-order valence-corrected chi connectivity index (χ2v) is 6.22. The number of likely N-dealkylation sites (N-methyl/N-ethyl adjacent to an activating group) is 1. The molecule has 1 fully saturated rings. The number of ether oxygens (including phenoxy) is 1. The fourth-order valence-electron chi connectivity index (χ4n) is 1.67. The number of nitrogens with zero attached hydrogens (tertiary/aromatic N) is 1. The van der Waals surface area contributed by atoms with E-state index in [1.54, 1.807) is 14.0 Å². The van der Waals surface area contributed by atoms with Gasteiger partial charge in [0.2, 0.25) is 0 Å². The monoisotopic (exact) mass is 255 g/mol. The van der Waals surface area contributed by atoms with Crippen LogP contribution in [0.25, 0.3) is 0 Å². The van der Waals surface area contributed by atoms with Crippen LogP contribution in [0, 0.1) is 5.92 Å². The third kappa shape index (κ3) is 5.07. The summed E-state index contributed by atoms with van der Waals surface area (Å²) < 4.78 is 5.24. The molecule has 0 spiro atoms. The fourth-order valence-corrected chi connectivity index (χ4v) is 1.67. The van der Waals surface area contributed by atoms with Crippen molar-refractivity contribution in [3.8, 4) is 0 Å². The highest BCUT2D eigenvalue weighted by molar-refractivity contribution is 5.87. The van der Waals surface area contributed by atoms with Gasteiger partial charge in [-0.2, -0.15) is 0 Å². The highest BCUT2D eigenvalue weighted by Crippen LogP contribution is 2.33. The Bertz CT molecular complexity index is 315. The molecule has 0 aliphatic heterocycles. The van der Waals surface area contributed by atoms with Crippen LogP contribution in [0.4, 0.5) is 4.79 Å². The third-order valence-electron chi connectivity index (χ3n) is 3.22.